The van der Waals surface area contributed by atoms with E-state index in [-0.39, 0.29) is 0 Å². The van der Waals surface area contributed by atoms with Crippen molar-refractivity contribution in [2.24, 2.45) is 0 Å². The van der Waals surface area contributed by atoms with Gasteiger partial charge in [0.1, 0.15) is 5.82 Å². The minimum absolute atomic E-state index is 0.900. The highest BCUT2D eigenvalue weighted by Gasteiger charge is 2.17. The smallest absolute Gasteiger partial charge is 0.227 e. The van der Waals surface area contributed by atoms with Crippen molar-refractivity contribution in [2.75, 3.05) is 69.6 Å². The Labute approximate surface area is 146 Å². The normalized spacial score (nSPS) is 19.9. The molecule has 0 amide bonds. The van der Waals surface area contributed by atoms with Crippen LogP contribution in [-0.2, 0) is 0 Å². The summed E-state index contributed by atoms with van der Waals surface area (Å²) in [7, 11) is 2.21. The molecule has 3 rings (SSSR count). The summed E-state index contributed by atoms with van der Waals surface area (Å²) in [6, 6.07) is 0. The lowest BCUT2D eigenvalue weighted by molar-refractivity contribution is 0.154. The van der Waals surface area contributed by atoms with Crippen molar-refractivity contribution >= 4 is 11.8 Å². The van der Waals surface area contributed by atoms with Gasteiger partial charge < -0.3 is 20.0 Å². The van der Waals surface area contributed by atoms with Crippen LogP contribution in [0.25, 0.3) is 0 Å². The van der Waals surface area contributed by atoms with Crippen molar-refractivity contribution in [3.05, 3.63) is 11.3 Å². The van der Waals surface area contributed by atoms with Crippen molar-refractivity contribution in [3.63, 3.8) is 0 Å². The predicted molar refractivity (Wildman–Crippen MR) is 100.0 cm³/mol. The fourth-order valence-electron chi connectivity index (χ4n) is 3.43. The van der Waals surface area contributed by atoms with Crippen LogP contribution in [0.4, 0.5) is 11.8 Å². The standard InChI is InChI=1S/C18H32N6/c1-15-16(2)20-18(24-9-4-5-10-24)21-17(15)19-7-6-8-23-13-11-22(3)12-14-23/h4-14H2,1-3H3,(H,19,20,21). The van der Waals surface area contributed by atoms with Crippen LogP contribution in [0.2, 0.25) is 0 Å². The molecule has 2 aliphatic rings. The molecule has 6 nitrogen and oxygen atoms in total. The van der Waals surface area contributed by atoms with Gasteiger partial charge in [0.15, 0.2) is 0 Å². The summed E-state index contributed by atoms with van der Waals surface area (Å²) in [5, 5.41) is 3.55. The van der Waals surface area contributed by atoms with E-state index in [0.29, 0.717) is 0 Å². The zero-order valence-corrected chi connectivity index (χ0v) is 15.5. The molecule has 6 heteroatoms. The van der Waals surface area contributed by atoms with Crippen molar-refractivity contribution in [1.29, 1.82) is 0 Å². The monoisotopic (exact) mass is 332 g/mol. The zero-order valence-electron chi connectivity index (χ0n) is 15.5. The molecule has 134 valence electrons. The average Bonchev–Trinajstić information content (AvgIpc) is 3.11. The Morgan fingerprint density at radius 3 is 2.38 bits per heavy atom. The Morgan fingerprint density at radius 1 is 0.958 bits per heavy atom. The topological polar surface area (TPSA) is 47.5 Å². The van der Waals surface area contributed by atoms with Gasteiger partial charge in [-0.3, -0.25) is 0 Å². The van der Waals surface area contributed by atoms with Gasteiger partial charge in [0.25, 0.3) is 0 Å². The summed E-state index contributed by atoms with van der Waals surface area (Å²) in [4.78, 5) is 16.8. The number of hydrogen-bond donors (Lipinski definition) is 1. The van der Waals surface area contributed by atoms with Gasteiger partial charge in [0.05, 0.1) is 0 Å². The van der Waals surface area contributed by atoms with E-state index in [4.69, 9.17) is 4.98 Å². The second-order valence-corrected chi connectivity index (χ2v) is 7.20. The number of nitrogens with zero attached hydrogens (tertiary/aromatic N) is 5. The van der Waals surface area contributed by atoms with Crippen LogP contribution in [0.5, 0.6) is 0 Å². The Balaban J connectivity index is 1.50. The summed E-state index contributed by atoms with van der Waals surface area (Å²) in [5.41, 5.74) is 2.27. The molecule has 24 heavy (non-hydrogen) atoms. The largest absolute Gasteiger partial charge is 0.370 e. The third-order valence-electron chi connectivity index (χ3n) is 5.31. The first-order chi connectivity index (χ1) is 11.6. The summed E-state index contributed by atoms with van der Waals surface area (Å²) in [5.74, 6) is 1.92. The van der Waals surface area contributed by atoms with Gasteiger partial charge in [0, 0.05) is 57.1 Å². The average molecular weight is 332 g/mol. The van der Waals surface area contributed by atoms with Crippen LogP contribution in [0, 0.1) is 13.8 Å². The van der Waals surface area contributed by atoms with Crippen molar-refractivity contribution in [1.82, 2.24) is 19.8 Å². The van der Waals surface area contributed by atoms with Crippen molar-refractivity contribution in [2.45, 2.75) is 33.1 Å². The zero-order chi connectivity index (χ0) is 16.9. The van der Waals surface area contributed by atoms with Crippen LogP contribution in [-0.4, -0.2) is 79.2 Å². The van der Waals surface area contributed by atoms with E-state index < -0.39 is 0 Å². The lowest BCUT2D eigenvalue weighted by Gasteiger charge is -2.32. The molecule has 0 radical (unpaired) electrons. The molecule has 0 unspecified atom stereocenters. The number of anilines is 2. The van der Waals surface area contributed by atoms with Crippen molar-refractivity contribution < 1.29 is 0 Å². The summed E-state index contributed by atoms with van der Waals surface area (Å²) < 4.78 is 0. The highest BCUT2D eigenvalue weighted by Crippen LogP contribution is 2.22. The molecule has 2 aliphatic heterocycles. The molecule has 1 N–H and O–H groups in total. The van der Waals surface area contributed by atoms with Gasteiger partial charge in [-0.15, -0.1) is 0 Å². The fraction of sp³-hybridized carbons (Fsp3) is 0.778. The number of aryl methyl sites for hydroxylation is 1. The number of aromatic nitrogens is 2. The van der Waals surface area contributed by atoms with Crippen LogP contribution in [0.3, 0.4) is 0 Å². The molecule has 2 fully saturated rings. The van der Waals surface area contributed by atoms with Crippen LogP contribution in [0.1, 0.15) is 30.5 Å². The fourth-order valence-corrected chi connectivity index (χ4v) is 3.43. The molecule has 2 saturated heterocycles. The molecule has 0 spiro atoms. The third-order valence-corrected chi connectivity index (χ3v) is 5.31. The lowest BCUT2D eigenvalue weighted by Crippen LogP contribution is -2.44. The molecule has 1 aromatic heterocycles. The van der Waals surface area contributed by atoms with E-state index in [1.165, 1.54) is 51.1 Å². The maximum atomic E-state index is 4.79. The first-order valence-electron chi connectivity index (χ1n) is 9.38. The van der Waals surface area contributed by atoms with Gasteiger partial charge in [-0.05, 0) is 46.7 Å². The van der Waals surface area contributed by atoms with Gasteiger partial charge in [-0.1, -0.05) is 0 Å². The van der Waals surface area contributed by atoms with E-state index in [2.05, 4.69) is 45.9 Å². The van der Waals surface area contributed by atoms with Crippen LogP contribution < -0.4 is 10.2 Å². The predicted octanol–water partition coefficient (Wildman–Crippen LogP) is 1.74. The minimum atomic E-state index is 0.900. The van der Waals surface area contributed by atoms with E-state index in [1.54, 1.807) is 0 Å². The van der Waals surface area contributed by atoms with E-state index >= 15 is 0 Å². The molecule has 1 aromatic rings. The van der Waals surface area contributed by atoms with Crippen LogP contribution in [0.15, 0.2) is 0 Å². The van der Waals surface area contributed by atoms with Gasteiger partial charge in [0.2, 0.25) is 5.95 Å². The molecule has 0 atom stereocenters. The Morgan fingerprint density at radius 2 is 1.67 bits per heavy atom. The number of rotatable bonds is 6. The molecular weight excluding hydrogens is 300 g/mol. The lowest BCUT2D eigenvalue weighted by atomic mass is 10.2. The summed E-state index contributed by atoms with van der Waals surface area (Å²) in [6.07, 6.45) is 3.67. The molecule has 0 aliphatic carbocycles. The highest BCUT2D eigenvalue weighted by atomic mass is 15.3. The first kappa shape index (κ1) is 17.4. The second-order valence-electron chi connectivity index (χ2n) is 7.20. The maximum Gasteiger partial charge on any atom is 0.227 e. The maximum absolute atomic E-state index is 4.79. The Bertz CT molecular complexity index is 533. The number of nitrogens with one attached hydrogen (secondary N) is 1. The third kappa shape index (κ3) is 4.36. The highest BCUT2D eigenvalue weighted by molar-refractivity contribution is 5.50. The van der Waals surface area contributed by atoms with Crippen LogP contribution >= 0.6 is 0 Å². The molecular formula is C18H32N6. The SMILES string of the molecule is Cc1nc(N2CCCC2)nc(NCCCN2CCN(C)CC2)c1C. The van der Waals surface area contributed by atoms with E-state index in [1.807, 2.05) is 0 Å². The Kier molecular flexibility index (Phi) is 5.89. The summed E-state index contributed by atoms with van der Waals surface area (Å²) >= 11 is 0. The van der Waals surface area contributed by atoms with Gasteiger partial charge in [-0.2, -0.15) is 4.98 Å². The number of likely N-dealkylation sites (N-methyl/N-ethyl adjacent to an activating group) is 1. The second kappa shape index (κ2) is 8.12. The van der Waals surface area contributed by atoms with Gasteiger partial charge in [-0.25, -0.2) is 4.98 Å². The minimum Gasteiger partial charge on any atom is -0.370 e. The quantitative estimate of drug-likeness (QED) is 0.801. The molecule has 0 aromatic carbocycles. The van der Waals surface area contributed by atoms with Gasteiger partial charge >= 0.3 is 0 Å². The summed E-state index contributed by atoms with van der Waals surface area (Å²) in [6.45, 7) is 13.3. The molecule has 0 saturated carbocycles. The Hall–Kier alpha value is -1.40. The number of hydrogen-bond acceptors (Lipinski definition) is 6. The molecule has 0 bridgehead atoms. The van der Waals surface area contributed by atoms with E-state index in [0.717, 1.165) is 43.5 Å². The number of piperazine rings is 1. The van der Waals surface area contributed by atoms with E-state index in [9.17, 15) is 0 Å². The van der Waals surface area contributed by atoms with Crippen molar-refractivity contribution in [3.8, 4) is 0 Å². The first-order valence-corrected chi connectivity index (χ1v) is 9.38. The molecule has 3 heterocycles.